The normalized spacial score (nSPS) is 21.7. The van der Waals surface area contributed by atoms with Gasteiger partial charge < -0.3 is 10.6 Å². The van der Waals surface area contributed by atoms with Crippen LogP contribution in [0.25, 0.3) is 0 Å². The van der Waals surface area contributed by atoms with Crippen LogP contribution in [0.1, 0.15) is 43.1 Å². The molecule has 1 aliphatic heterocycles. The predicted octanol–water partition coefficient (Wildman–Crippen LogP) is 1.21. The highest BCUT2D eigenvalue weighted by Crippen LogP contribution is 2.42. The average molecular weight is 353 g/mol. The van der Waals surface area contributed by atoms with Crippen molar-refractivity contribution in [2.24, 2.45) is 0 Å². The van der Waals surface area contributed by atoms with Gasteiger partial charge in [0.1, 0.15) is 5.82 Å². The van der Waals surface area contributed by atoms with Gasteiger partial charge in [0.15, 0.2) is 0 Å². The van der Waals surface area contributed by atoms with Gasteiger partial charge in [-0.15, -0.1) is 0 Å². The number of hydrogen-bond donors (Lipinski definition) is 2. The number of rotatable bonds is 5. The first-order valence-electron chi connectivity index (χ1n) is 8.20. The molecule has 1 saturated carbocycles. The Morgan fingerprint density at radius 3 is 2.79 bits per heavy atom. The first kappa shape index (κ1) is 17.1. The highest BCUT2D eigenvalue weighted by molar-refractivity contribution is 7.88. The molecule has 0 spiro atoms. The molecule has 1 aliphatic carbocycles. The highest BCUT2D eigenvalue weighted by Gasteiger charge is 2.32. The number of sulfonamides is 1. The number of aryl methyl sites for hydroxylation is 1. The predicted molar refractivity (Wildman–Crippen MR) is 90.3 cm³/mol. The molecule has 0 radical (unpaired) electrons. The zero-order chi connectivity index (χ0) is 17.3. The monoisotopic (exact) mass is 353 g/mol. The number of anilines is 1. The topological polar surface area (TPSA) is 104 Å². The van der Waals surface area contributed by atoms with Crippen molar-refractivity contribution in [3.8, 4) is 0 Å². The van der Waals surface area contributed by atoms with E-state index in [0.717, 1.165) is 31.4 Å². The lowest BCUT2D eigenvalue weighted by Crippen LogP contribution is -2.43. The van der Waals surface area contributed by atoms with Crippen LogP contribution >= 0.6 is 0 Å². The number of aromatic nitrogens is 2. The lowest BCUT2D eigenvalue weighted by atomic mass is 10.2. The van der Waals surface area contributed by atoms with Gasteiger partial charge in [0, 0.05) is 25.0 Å². The van der Waals surface area contributed by atoms with E-state index < -0.39 is 10.0 Å². The zero-order valence-electron chi connectivity index (χ0n) is 13.9. The molecule has 1 aromatic rings. The van der Waals surface area contributed by atoms with E-state index in [1.54, 1.807) is 6.20 Å². The molecule has 2 N–H and O–H groups in total. The van der Waals surface area contributed by atoms with Gasteiger partial charge in [0.25, 0.3) is 0 Å². The molecule has 2 amide bonds. The quantitative estimate of drug-likeness (QED) is 0.828. The lowest BCUT2D eigenvalue weighted by Gasteiger charge is -2.22. The molecule has 132 valence electrons. The fourth-order valence-electron chi connectivity index (χ4n) is 3.08. The summed E-state index contributed by atoms with van der Waals surface area (Å²) in [4.78, 5) is 20.7. The standard InChI is InChI=1S/C15H23N5O3S/c1-10-16-9-13(14(18-10)11-5-6-11)19-15(21)17-8-12-4-3-7-20(12)24(2,22)23/h9,11-12H,3-8H2,1-2H3,(H2,17,19,21)/t12-/m1/s1. The molecule has 2 aliphatic rings. The molecule has 2 heterocycles. The molecule has 24 heavy (non-hydrogen) atoms. The second-order valence-corrected chi connectivity index (χ2v) is 8.43. The van der Waals surface area contributed by atoms with E-state index in [-0.39, 0.29) is 12.1 Å². The fourth-order valence-corrected chi connectivity index (χ4v) is 4.26. The van der Waals surface area contributed by atoms with Crippen molar-refractivity contribution in [2.75, 3.05) is 24.7 Å². The Labute approximate surface area is 142 Å². The second-order valence-electron chi connectivity index (χ2n) is 6.50. The summed E-state index contributed by atoms with van der Waals surface area (Å²) in [5.41, 5.74) is 1.52. The highest BCUT2D eigenvalue weighted by atomic mass is 32.2. The maximum atomic E-state index is 12.2. The molecule has 0 bridgehead atoms. The minimum atomic E-state index is -3.23. The molecule has 0 aromatic carbocycles. The number of nitrogens with zero attached hydrogens (tertiary/aromatic N) is 3. The van der Waals surface area contributed by atoms with E-state index in [9.17, 15) is 13.2 Å². The maximum absolute atomic E-state index is 12.2. The van der Waals surface area contributed by atoms with E-state index in [1.807, 2.05) is 6.92 Å². The smallest absolute Gasteiger partial charge is 0.319 e. The Morgan fingerprint density at radius 1 is 1.38 bits per heavy atom. The molecule has 1 saturated heterocycles. The molecule has 1 aromatic heterocycles. The van der Waals surface area contributed by atoms with Gasteiger partial charge in [-0.3, -0.25) is 0 Å². The van der Waals surface area contributed by atoms with E-state index >= 15 is 0 Å². The van der Waals surface area contributed by atoms with Gasteiger partial charge in [-0.05, 0) is 32.6 Å². The van der Waals surface area contributed by atoms with Crippen molar-refractivity contribution < 1.29 is 13.2 Å². The Morgan fingerprint density at radius 2 is 2.12 bits per heavy atom. The second kappa shape index (κ2) is 6.64. The van der Waals surface area contributed by atoms with Gasteiger partial charge >= 0.3 is 6.03 Å². The number of hydrogen-bond acceptors (Lipinski definition) is 5. The van der Waals surface area contributed by atoms with Crippen molar-refractivity contribution in [2.45, 2.75) is 44.6 Å². The summed E-state index contributed by atoms with van der Waals surface area (Å²) in [6.45, 7) is 2.64. The third-order valence-electron chi connectivity index (χ3n) is 4.40. The average Bonchev–Trinajstić information content (AvgIpc) is 3.23. The van der Waals surface area contributed by atoms with Crippen LogP contribution in [0.2, 0.25) is 0 Å². The maximum Gasteiger partial charge on any atom is 0.319 e. The van der Waals surface area contributed by atoms with Crippen molar-refractivity contribution in [1.29, 1.82) is 0 Å². The third-order valence-corrected chi connectivity index (χ3v) is 5.73. The summed E-state index contributed by atoms with van der Waals surface area (Å²) in [7, 11) is -3.23. The van der Waals surface area contributed by atoms with Crippen LogP contribution < -0.4 is 10.6 Å². The summed E-state index contributed by atoms with van der Waals surface area (Å²) >= 11 is 0. The van der Waals surface area contributed by atoms with Gasteiger partial charge in [0.05, 0.1) is 23.8 Å². The van der Waals surface area contributed by atoms with Crippen LogP contribution in [0.3, 0.4) is 0 Å². The van der Waals surface area contributed by atoms with Crippen LogP contribution in [0.5, 0.6) is 0 Å². The number of carbonyl (C=O) groups is 1. The Bertz CT molecular complexity index is 733. The first-order valence-corrected chi connectivity index (χ1v) is 10.0. The van der Waals surface area contributed by atoms with Gasteiger partial charge in [-0.2, -0.15) is 4.31 Å². The van der Waals surface area contributed by atoms with Crippen LogP contribution in [-0.4, -0.2) is 54.1 Å². The summed E-state index contributed by atoms with van der Waals surface area (Å²) in [5, 5.41) is 5.56. The summed E-state index contributed by atoms with van der Waals surface area (Å²) in [6, 6.07) is -0.535. The van der Waals surface area contributed by atoms with Crippen molar-refractivity contribution >= 4 is 21.7 Å². The van der Waals surface area contributed by atoms with Gasteiger partial charge in [-0.25, -0.2) is 23.2 Å². The Hall–Kier alpha value is -1.74. The summed E-state index contributed by atoms with van der Waals surface area (Å²) in [6.07, 6.45) is 6.58. The molecule has 1 atom stereocenters. The first-order chi connectivity index (χ1) is 11.3. The molecule has 2 fully saturated rings. The minimum Gasteiger partial charge on any atom is -0.336 e. The van der Waals surface area contributed by atoms with Crippen LogP contribution in [0.4, 0.5) is 10.5 Å². The molecular formula is C15H23N5O3S. The molecule has 9 heteroatoms. The molecule has 8 nitrogen and oxygen atoms in total. The van der Waals surface area contributed by atoms with E-state index in [2.05, 4.69) is 20.6 Å². The third kappa shape index (κ3) is 4.02. The van der Waals surface area contributed by atoms with Crippen molar-refractivity contribution in [3.05, 3.63) is 17.7 Å². The number of amides is 2. The van der Waals surface area contributed by atoms with Crippen molar-refractivity contribution in [1.82, 2.24) is 19.6 Å². The zero-order valence-corrected chi connectivity index (χ0v) is 14.8. The van der Waals surface area contributed by atoms with Crippen molar-refractivity contribution in [3.63, 3.8) is 0 Å². The number of nitrogens with one attached hydrogen (secondary N) is 2. The Balaban J connectivity index is 1.59. The fraction of sp³-hybridized carbons (Fsp3) is 0.667. The molecule has 0 unspecified atom stereocenters. The van der Waals surface area contributed by atoms with E-state index in [1.165, 1.54) is 10.6 Å². The van der Waals surface area contributed by atoms with E-state index in [4.69, 9.17) is 0 Å². The van der Waals surface area contributed by atoms with E-state index in [0.29, 0.717) is 30.5 Å². The van der Waals surface area contributed by atoms with Gasteiger partial charge in [0.2, 0.25) is 10.0 Å². The lowest BCUT2D eigenvalue weighted by molar-refractivity contribution is 0.249. The molecule has 3 rings (SSSR count). The summed E-state index contributed by atoms with van der Waals surface area (Å²) < 4.78 is 24.9. The summed E-state index contributed by atoms with van der Waals surface area (Å²) in [5.74, 6) is 1.09. The number of urea groups is 1. The Kier molecular flexibility index (Phi) is 4.73. The SMILES string of the molecule is Cc1ncc(NC(=O)NC[C@H]2CCCN2S(C)(=O)=O)c(C2CC2)n1. The number of carbonyl (C=O) groups excluding carboxylic acids is 1. The van der Waals surface area contributed by atoms with Crippen LogP contribution in [0.15, 0.2) is 6.20 Å². The minimum absolute atomic E-state index is 0.178. The van der Waals surface area contributed by atoms with Gasteiger partial charge in [-0.1, -0.05) is 0 Å². The van der Waals surface area contributed by atoms with Crippen LogP contribution in [0, 0.1) is 6.92 Å². The largest absolute Gasteiger partial charge is 0.336 e. The van der Waals surface area contributed by atoms with Crippen LogP contribution in [-0.2, 0) is 10.0 Å². The molecular weight excluding hydrogens is 330 g/mol.